The van der Waals surface area contributed by atoms with Crippen LogP contribution in [-0.2, 0) is 11.8 Å². The lowest BCUT2D eigenvalue weighted by Gasteiger charge is -2.51. The molecule has 2 heterocycles. The zero-order valence-corrected chi connectivity index (χ0v) is 13.3. The van der Waals surface area contributed by atoms with Crippen molar-refractivity contribution in [3.63, 3.8) is 0 Å². The fourth-order valence-electron chi connectivity index (χ4n) is 5.00. The molecule has 2 aliphatic heterocycles. The molecule has 0 aromatic heterocycles. The van der Waals surface area contributed by atoms with Gasteiger partial charge in [-0.15, -0.1) is 0 Å². The minimum Gasteiger partial charge on any atom is -0.493 e. The van der Waals surface area contributed by atoms with Gasteiger partial charge in [0.15, 0.2) is 11.5 Å². The van der Waals surface area contributed by atoms with E-state index in [2.05, 4.69) is 43.2 Å². The smallest absolute Gasteiger partial charge is 0.173 e. The third-order valence-electron chi connectivity index (χ3n) is 5.98. The molecule has 3 atom stereocenters. The maximum atomic E-state index is 6.38. The van der Waals surface area contributed by atoms with Crippen molar-refractivity contribution in [1.29, 1.82) is 0 Å². The van der Waals surface area contributed by atoms with Gasteiger partial charge in [-0.25, -0.2) is 0 Å². The van der Waals surface area contributed by atoms with Gasteiger partial charge in [0.1, 0.15) is 5.76 Å². The summed E-state index contributed by atoms with van der Waals surface area (Å²) < 4.78 is 12.0. The Hall–Kier alpha value is -1.74. The number of piperidine rings is 1. The molecule has 0 radical (unpaired) electrons. The summed E-state index contributed by atoms with van der Waals surface area (Å²) >= 11 is 0. The van der Waals surface area contributed by atoms with Crippen LogP contribution in [0.15, 0.2) is 35.6 Å². The zero-order valence-electron chi connectivity index (χ0n) is 13.3. The number of likely N-dealkylation sites (tertiary alicyclic amines) is 1. The minimum atomic E-state index is -0.0128. The second-order valence-electron chi connectivity index (χ2n) is 7.10. The van der Waals surface area contributed by atoms with Gasteiger partial charge in [0.05, 0.1) is 12.5 Å². The summed E-state index contributed by atoms with van der Waals surface area (Å²) in [5.74, 6) is 3.42. The van der Waals surface area contributed by atoms with Gasteiger partial charge in [0, 0.05) is 18.2 Å². The topological polar surface area (TPSA) is 21.7 Å². The van der Waals surface area contributed by atoms with E-state index in [1.165, 1.54) is 11.1 Å². The predicted molar refractivity (Wildman–Crippen MR) is 85.4 cm³/mol. The second-order valence-corrected chi connectivity index (χ2v) is 7.10. The summed E-state index contributed by atoms with van der Waals surface area (Å²) in [4.78, 5) is 2.51. The normalized spacial score (nSPS) is 34.5. The molecule has 114 valence electrons. The molecule has 22 heavy (non-hydrogen) atoms. The van der Waals surface area contributed by atoms with E-state index in [1.54, 1.807) is 12.7 Å². The van der Waals surface area contributed by atoms with Crippen LogP contribution in [0.4, 0.5) is 0 Å². The SMILES string of the molecule is COc1ccc2c3c1OC1=CC(C)C=C4C(C2)N(C)CCC143. The molecule has 1 spiro atoms. The minimum absolute atomic E-state index is 0.0128. The lowest BCUT2D eigenvalue weighted by molar-refractivity contribution is 0.171. The van der Waals surface area contributed by atoms with E-state index in [9.17, 15) is 0 Å². The highest BCUT2D eigenvalue weighted by Crippen LogP contribution is 2.63. The van der Waals surface area contributed by atoms with Crippen molar-refractivity contribution in [3.8, 4) is 11.5 Å². The standard InChI is InChI=1S/C19H21NO2/c1-11-8-13-14-10-12-4-5-15(21-3)18-17(12)19(13,6-7-20(14)2)16(9-11)22-18/h4-5,8-9,11,14H,6-7,10H2,1-3H3. The molecule has 0 saturated carbocycles. The maximum Gasteiger partial charge on any atom is 0.173 e. The summed E-state index contributed by atoms with van der Waals surface area (Å²) in [6, 6.07) is 4.82. The molecule has 0 amide bonds. The molecular weight excluding hydrogens is 274 g/mol. The average Bonchev–Trinajstić information content (AvgIpc) is 2.83. The Kier molecular flexibility index (Phi) is 2.30. The van der Waals surface area contributed by atoms with Crippen LogP contribution in [0, 0.1) is 5.92 Å². The van der Waals surface area contributed by atoms with Gasteiger partial charge in [-0.2, -0.15) is 0 Å². The molecule has 2 bridgehead atoms. The first-order chi connectivity index (χ1) is 10.6. The molecule has 5 rings (SSSR count). The molecular formula is C19H21NO2. The molecule has 4 aliphatic rings. The zero-order chi connectivity index (χ0) is 15.1. The van der Waals surface area contributed by atoms with Crippen LogP contribution in [0.1, 0.15) is 24.5 Å². The summed E-state index contributed by atoms with van der Waals surface area (Å²) in [6.45, 7) is 3.37. The molecule has 1 saturated heterocycles. The Bertz CT molecular complexity index is 748. The van der Waals surface area contributed by atoms with E-state index in [0.717, 1.165) is 36.6 Å². The van der Waals surface area contributed by atoms with E-state index in [1.807, 2.05) is 0 Å². The van der Waals surface area contributed by atoms with Gasteiger partial charge >= 0.3 is 0 Å². The van der Waals surface area contributed by atoms with Crippen LogP contribution in [0.3, 0.4) is 0 Å². The summed E-state index contributed by atoms with van der Waals surface area (Å²) in [7, 11) is 3.99. The van der Waals surface area contributed by atoms with Crippen LogP contribution >= 0.6 is 0 Å². The van der Waals surface area contributed by atoms with Crippen LogP contribution in [0.25, 0.3) is 0 Å². The first kappa shape index (κ1) is 12.8. The van der Waals surface area contributed by atoms with E-state index in [-0.39, 0.29) is 5.41 Å². The van der Waals surface area contributed by atoms with Crippen molar-refractivity contribution >= 4 is 0 Å². The van der Waals surface area contributed by atoms with Crippen molar-refractivity contribution < 1.29 is 9.47 Å². The van der Waals surface area contributed by atoms with Crippen molar-refractivity contribution in [2.24, 2.45) is 5.92 Å². The van der Waals surface area contributed by atoms with E-state index < -0.39 is 0 Å². The monoisotopic (exact) mass is 295 g/mol. The van der Waals surface area contributed by atoms with Gasteiger partial charge in [-0.1, -0.05) is 19.1 Å². The third kappa shape index (κ3) is 1.28. The molecule has 3 unspecified atom stereocenters. The van der Waals surface area contributed by atoms with Crippen LogP contribution in [0.5, 0.6) is 11.5 Å². The Morgan fingerprint density at radius 1 is 1.32 bits per heavy atom. The Balaban J connectivity index is 1.86. The number of allylic oxidation sites excluding steroid dienone is 3. The van der Waals surface area contributed by atoms with Crippen LogP contribution in [-0.4, -0.2) is 31.6 Å². The Morgan fingerprint density at radius 2 is 2.18 bits per heavy atom. The maximum absolute atomic E-state index is 6.38. The summed E-state index contributed by atoms with van der Waals surface area (Å²) in [5.41, 5.74) is 4.37. The number of rotatable bonds is 1. The number of likely N-dealkylation sites (N-methyl/N-ethyl adjacent to an activating group) is 1. The van der Waals surface area contributed by atoms with Crippen molar-refractivity contribution in [2.45, 2.75) is 31.2 Å². The summed E-state index contributed by atoms with van der Waals surface area (Å²) in [6.07, 6.45) is 6.97. The lowest BCUT2D eigenvalue weighted by Crippen LogP contribution is -2.54. The van der Waals surface area contributed by atoms with Crippen LogP contribution < -0.4 is 9.47 Å². The highest BCUT2D eigenvalue weighted by atomic mass is 16.5. The molecule has 1 fully saturated rings. The Labute approximate surface area is 131 Å². The quantitative estimate of drug-likeness (QED) is 0.743. The molecule has 3 nitrogen and oxygen atoms in total. The van der Waals surface area contributed by atoms with Gasteiger partial charge < -0.3 is 9.47 Å². The highest BCUT2D eigenvalue weighted by molar-refractivity contribution is 5.69. The fourth-order valence-corrected chi connectivity index (χ4v) is 5.00. The molecule has 0 N–H and O–H groups in total. The molecule has 2 aliphatic carbocycles. The predicted octanol–water partition coefficient (Wildman–Crippen LogP) is 3.05. The number of benzene rings is 1. The Morgan fingerprint density at radius 3 is 3.00 bits per heavy atom. The van der Waals surface area contributed by atoms with Gasteiger partial charge in [-0.05, 0) is 49.1 Å². The molecule has 1 aromatic carbocycles. The van der Waals surface area contributed by atoms with Crippen molar-refractivity contribution in [2.75, 3.05) is 20.7 Å². The van der Waals surface area contributed by atoms with E-state index in [0.29, 0.717) is 12.0 Å². The second kappa shape index (κ2) is 3.96. The van der Waals surface area contributed by atoms with Crippen LogP contribution in [0.2, 0.25) is 0 Å². The van der Waals surface area contributed by atoms with Gasteiger partial charge in [0.25, 0.3) is 0 Å². The van der Waals surface area contributed by atoms with Crippen molar-refractivity contribution in [1.82, 2.24) is 4.90 Å². The number of ether oxygens (including phenoxy) is 2. The largest absolute Gasteiger partial charge is 0.493 e. The van der Waals surface area contributed by atoms with Gasteiger partial charge in [-0.3, -0.25) is 4.90 Å². The van der Waals surface area contributed by atoms with Gasteiger partial charge in [0.2, 0.25) is 0 Å². The van der Waals surface area contributed by atoms with Crippen molar-refractivity contribution in [3.05, 3.63) is 46.7 Å². The number of methoxy groups -OCH3 is 1. The number of nitrogens with zero attached hydrogens (tertiary/aromatic N) is 1. The fraction of sp³-hybridized carbons (Fsp3) is 0.474. The average molecular weight is 295 g/mol. The highest BCUT2D eigenvalue weighted by Gasteiger charge is 2.58. The number of hydrogen-bond donors (Lipinski definition) is 0. The molecule has 3 heteroatoms. The first-order valence-corrected chi connectivity index (χ1v) is 8.18. The summed E-state index contributed by atoms with van der Waals surface area (Å²) in [5, 5.41) is 0. The molecule has 1 aromatic rings. The lowest BCUT2D eigenvalue weighted by atomic mass is 9.58. The third-order valence-corrected chi connectivity index (χ3v) is 5.98. The number of hydrogen-bond acceptors (Lipinski definition) is 3. The van der Waals surface area contributed by atoms with E-state index >= 15 is 0 Å². The first-order valence-electron chi connectivity index (χ1n) is 8.18. The van der Waals surface area contributed by atoms with E-state index in [4.69, 9.17) is 9.47 Å².